The number of aryl methyl sites for hydroxylation is 2. The molecule has 0 saturated carbocycles. The Kier molecular flexibility index (Phi) is 10.4. The van der Waals surface area contributed by atoms with Crippen LogP contribution >= 0.6 is 56.7 Å². The Morgan fingerprint density at radius 2 is 1.35 bits per heavy atom. The van der Waals surface area contributed by atoms with Crippen LogP contribution in [0.15, 0.2) is 78.3 Å². The van der Waals surface area contributed by atoms with Gasteiger partial charge in [-0.15, -0.1) is 56.7 Å². The summed E-state index contributed by atoms with van der Waals surface area (Å²) in [5, 5.41) is 3.24. The number of aromatic nitrogens is 2. The van der Waals surface area contributed by atoms with E-state index in [1.165, 1.54) is 55.0 Å². The summed E-state index contributed by atoms with van der Waals surface area (Å²) in [4.78, 5) is 47.3. The number of rotatable bonds is 15. The van der Waals surface area contributed by atoms with Gasteiger partial charge in [0.1, 0.15) is 17.4 Å². The molecule has 234 valence electrons. The number of carbonyl (C=O) groups is 2. The van der Waals surface area contributed by atoms with Crippen LogP contribution in [-0.2, 0) is 29.0 Å². The fourth-order valence-electron chi connectivity index (χ4n) is 4.96. The number of thiophene rings is 5. The van der Waals surface area contributed by atoms with E-state index in [1.807, 2.05) is 6.20 Å². The Hall–Kier alpha value is -3.74. The number of nitrogens with one attached hydrogen (secondary N) is 2. The summed E-state index contributed by atoms with van der Waals surface area (Å²) in [5.41, 5.74) is 2.42. The molecule has 0 aliphatic rings. The molecule has 46 heavy (non-hydrogen) atoms. The standard InChI is InChI=1S/C35H32N4O2S5/c1-21(40)4-6-23-18-31(26-9-8-25(42-26)20-37-15-14-36-3)45-33(23)28-11-12-29(44-28)34-24(7-5-22(2)41)19-32(46-34)27-10-13-30(43-27)35-38-16-17-39-35/h8-19,37H,3-7,20H2,1-2H3,(H,38,39)/b15-14-. The molecule has 6 rings (SSSR count). The first kappa shape index (κ1) is 32.2. The molecular formula is C35H32N4O2S5. The Labute approximate surface area is 288 Å². The maximum Gasteiger partial charge on any atom is 0.147 e. The lowest BCUT2D eigenvalue weighted by Gasteiger charge is -2.01. The highest BCUT2D eigenvalue weighted by molar-refractivity contribution is 7.30. The number of carbonyl (C=O) groups excluding carboxylic acids is 2. The molecule has 11 heteroatoms. The molecule has 0 amide bonds. The second-order valence-corrected chi connectivity index (χ2v) is 16.2. The van der Waals surface area contributed by atoms with Crippen LogP contribution in [0.3, 0.4) is 0 Å². The lowest BCUT2D eigenvalue weighted by atomic mass is 10.1. The average molecular weight is 701 g/mol. The minimum atomic E-state index is 0.195. The van der Waals surface area contributed by atoms with E-state index in [0.29, 0.717) is 19.3 Å². The van der Waals surface area contributed by atoms with Crippen molar-refractivity contribution in [1.29, 1.82) is 0 Å². The summed E-state index contributed by atoms with van der Waals surface area (Å²) in [7, 11) is 0. The molecule has 0 radical (unpaired) electrons. The average Bonchev–Trinajstić information content (AvgIpc) is 3.86. The number of aliphatic imine (C=N–C) groups is 1. The Morgan fingerprint density at radius 3 is 1.93 bits per heavy atom. The van der Waals surface area contributed by atoms with Crippen molar-refractivity contribution in [1.82, 2.24) is 15.3 Å². The molecule has 6 nitrogen and oxygen atoms in total. The van der Waals surface area contributed by atoms with E-state index in [4.69, 9.17) is 0 Å². The number of ketones is 2. The Bertz CT molecular complexity index is 2000. The summed E-state index contributed by atoms with van der Waals surface area (Å²) in [6.07, 6.45) is 9.52. The zero-order valence-electron chi connectivity index (χ0n) is 25.4. The van der Waals surface area contributed by atoms with Gasteiger partial charge in [-0.3, -0.25) is 4.99 Å². The molecule has 0 saturated heterocycles. The summed E-state index contributed by atoms with van der Waals surface area (Å²) in [6.45, 7) is 7.51. The number of H-pyrrole nitrogens is 1. The van der Waals surface area contributed by atoms with Gasteiger partial charge in [0.05, 0.1) is 4.88 Å². The number of hydrogen-bond acceptors (Lipinski definition) is 10. The maximum absolute atomic E-state index is 12.0. The second-order valence-electron chi connectivity index (χ2n) is 10.7. The van der Waals surface area contributed by atoms with Crippen molar-refractivity contribution in [2.24, 2.45) is 4.99 Å². The first-order valence-corrected chi connectivity index (χ1v) is 18.8. The normalized spacial score (nSPS) is 11.4. The third-order valence-corrected chi connectivity index (χ3v) is 13.6. The minimum absolute atomic E-state index is 0.195. The first-order valence-electron chi connectivity index (χ1n) is 14.8. The van der Waals surface area contributed by atoms with Gasteiger partial charge in [0.25, 0.3) is 0 Å². The summed E-state index contributed by atoms with van der Waals surface area (Å²) in [6, 6.07) is 17.5. The first-order chi connectivity index (χ1) is 22.4. The molecule has 0 spiro atoms. The monoisotopic (exact) mass is 700 g/mol. The van der Waals surface area contributed by atoms with E-state index >= 15 is 0 Å². The van der Waals surface area contributed by atoms with Gasteiger partial charge in [0, 0.05) is 88.1 Å². The van der Waals surface area contributed by atoms with Crippen molar-refractivity contribution >= 4 is 75.0 Å². The van der Waals surface area contributed by atoms with Crippen molar-refractivity contribution in [3.63, 3.8) is 0 Å². The number of imidazole rings is 1. The van der Waals surface area contributed by atoms with Crippen LogP contribution in [0.2, 0.25) is 0 Å². The molecule has 6 aromatic rings. The Morgan fingerprint density at radius 1 is 0.783 bits per heavy atom. The molecule has 0 unspecified atom stereocenters. The fourth-order valence-corrected chi connectivity index (χ4v) is 10.8. The van der Waals surface area contributed by atoms with Crippen molar-refractivity contribution in [2.45, 2.75) is 46.1 Å². The lowest BCUT2D eigenvalue weighted by Crippen LogP contribution is -2.01. The number of Topliss-reactive ketones (excluding diaryl/α,β-unsaturated/α-hetero) is 2. The number of nitrogens with zero attached hydrogens (tertiary/aromatic N) is 2. The van der Waals surface area contributed by atoms with E-state index in [0.717, 1.165) is 23.7 Å². The SMILES string of the molecule is C=N/C=C\NCc1ccc(-c2cc(CCC(C)=O)c(-c3ccc(-c4sc(-c5ccc(-c6ncc[nH]6)s5)cc4CCC(C)=O)s3)s2)s1. The molecule has 6 heterocycles. The quantitative estimate of drug-likeness (QED) is 0.104. The highest BCUT2D eigenvalue weighted by atomic mass is 32.1. The third kappa shape index (κ3) is 7.62. The second kappa shape index (κ2) is 14.8. The van der Waals surface area contributed by atoms with Gasteiger partial charge in [0.15, 0.2) is 0 Å². The summed E-state index contributed by atoms with van der Waals surface area (Å²) < 4.78 is 0. The van der Waals surface area contributed by atoms with Gasteiger partial charge in [-0.2, -0.15) is 0 Å². The van der Waals surface area contributed by atoms with Gasteiger partial charge in [-0.1, -0.05) is 0 Å². The summed E-state index contributed by atoms with van der Waals surface area (Å²) in [5.74, 6) is 1.26. The van der Waals surface area contributed by atoms with Crippen LogP contribution in [0.5, 0.6) is 0 Å². The van der Waals surface area contributed by atoms with Gasteiger partial charge in [-0.05, 0) is 93.1 Å². The van der Waals surface area contributed by atoms with E-state index < -0.39 is 0 Å². The van der Waals surface area contributed by atoms with E-state index in [2.05, 4.69) is 75.5 Å². The van der Waals surface area contributed by atoms with Crippen molar-refractivity contribution < 1.29 is 9.59 Å². The molecule has 6 aromatic heterocycles. The molecule has 0 aliphatic carbocycles. The van der Waals surface area contributed by atoms with Crippen LogP contribution in [0.4, 0.5) is 0 Å². The molecule has 0 aliphatic heterocycles. The molecule has 0 aromatic carbocycles. The van der Waals surface area contributed by atoms with Crippen molar-refractivity contribution in [2.75, 3.05) is 0 Å². The molecule has 0 fully saturated rings. The van der Waals surface area contributed by atoms with Crippen LogP contribution in [0, 0.1) is 0 Å². The zero-order chi connectivity index (χ0) is 32.0. The highest BCUT2D eigenvalue weighted by Crippen LogP contribution is 2.48. The topological polar surface area (TPSA) is 87.2 Å². The third-order valence-electron chi connectivity index (χ3n) is 7.22. The fraction of sp³-hybridized carbons (Fsp3) is 0.200. The lowest BCUT2D eigenvalue weighted by molar-refractivity contribution is -0.117. The van der Waals surface area contributed by atoms with Crippen LogP contribution in [0.1, 0.15) is 42.7 Å². The van der Waals surface area contributed by atoms with E-state index in [-0.39, 0.29) is 11.6 Å². The predicted molar refractivity (Wildman–Crippen MR) is 199 cm³/mol. The largest absolute Gasteiger partial charge is 0.385 e. The van der Waals surface area contributed by atoms with Crippen molar-refractivity contribution in [3.05, 3.63) is 89.3 Å². The summed E-state index contributed by atoms with van der Waals surface area (Å²) >= 11 is 8.87. The van der Waals surface area contributed by atoms with Gasteiger partial charge in [0.2, 0.25) is 0 Å². The van der Waals surface area contributed by atoms with Gasteiger partial charge in [-0.25, -0.2) is 4.98 Å². The predicted octanol–water partition coefficient (Wildman–Crippen LogP) is 10.4. The smallest absolute Gasteiger partial charge is 0.147 e. The van der Waals surface area contributed by atoms with E-state index in [1.54, 1.807) is 89.1 Å². The number of hydrogen-bond donors (Lipinski definition) is 2. The highest BCUT2D eigenvalue weighted by Gasteiger charge is 2.20. The number of aromatic amines is 1. The van der Waals surface area contributed by atoms with Gasteiger partial charge >= 0.3 is 0 Å². The minimum Gasteiger partial charge on any atom is -0.385 e. The zero-order valence-corrected chi connectivity index (χ0v) is 29.5. The Balaban J connectivity index is 1.32. The van der Waals surface area contributed by atoms with Crippen LogP contribution in [0.25, 0.3) is 49.7 Å². The van der Waals surface area contributed by atoms with E-state index in [9.17, 15) is 9.59 Å². The maximum atomic E-state index is 12.0. The molecule has 0 atom stereocenters. The molecule has 0 bridgehead atoms. The van der Waals surface area contributed by atoms with Crippen LogP contribution < -0.4 is 5.32 Å². The van der Waals surface area contributed by atoms with Crippen molar-refractivity contribution in [3.8, 4) is 49.7 Å². The molecular weight excluding hydrogens is 669 g/mol. The van der Waals surface area contributed by atoms with Gasteiger partial charge < -0.3 is 19.9 Å². The van der Waals surface area contributed by atoms with Crippen LogP contribution in [-0.4, -0.2) is 28.3 Å². The molecule has 2 N–H and O–H groups in total.